The number of nitrogens with two attached hydrogens (primary N) is 1. The second-order valence-electron chi connectivity index (χ2n) is 7.16. The summed E-state index contributed by atoms with van der Waals surface area (Å²) >= 11 is 0. The van der Waals surface area contributed by atoms with Gasteiger partial charge < -0.3 is 10.6 Å². The van der Waals surface area contributed by atoms with Crippen molar-refractivity contribution in [3.05, 3.63) is 0 Å². The average Bonchev–Trinajstić information content (AvgIpc) is 2.48. The van der Waals surface area contributed by atoms with Crippen molar-refractivity contribution in [3.8, 4) is 0 Å². The van der Waals surface area contributed by atoms with Crippen molar-refractivity contribution < 1.29 is 4.79 Å². The van der Waals surface area contributed by atoms with Gasteiger partial charge in [0.25, 0.3) is 0 Å². The van der Waals surface area contributed by atoms with Crippen LogP contribution in [0.2, 0.25) is 0 Å². The van der Waals surface area contributed by atoms with Crippen molar-refractivity contribution in [1.82, 2.24) is 4.90 Å². The molecule has 1 saturated heterocycles. The number of piperidine rings is 1. The Morgan fingerprint density at radius 2 is 1.65 bits per heavy atom. The molecule has 0 aromatic rings. The topological polar surface area (TPSA) is 46.3 Å². The third-order valence-electron chi connectivity index (χ3n) is 5.59. The van der Waals surface area contributed by atoms with E-state index in [4.69, 9.17) is 5.73 Å². The third kappa shape index (κ3) is 4.21. The first-order chi connectivity index (χ1) is 9.58. The van der Waals surface area contributed by atoms with Gasteiger partial charge in [-0.3, -0.25) is 4.79 Å². The number of carbonyl (C=O) groups is 1. The van der Waals surface area contributed by atoms with E-state index in [9.17, 15) is 4.79 Å². The minimum absolute atomic E-state index is 0.272. The number of hydrogen-bond donors (Lipinski definition) is 1. The van der Waals surface area contributed by atoms with Gasteiger partial charge in [-0.15, -0.1) is 0 Å². The number of likely N-dealkylation sites (tertiary alicyclic amines) is 1. The van der Waals surface area contributed by atoms with Gasteiger partial charge in [-0.2, -0.15) is 0 Å². The van der Waals surface area contributed by atoms with E-state index in [2.05, 4.69) is 18.7 Å². The molecule has 0 aromatic heterocycles. The first-order valence-corrected chi connectivity index (χ1v) is 8.61. The van der Waals surface area contributed by atoms with Crippen LogP contribution < -0.4 is 5.73 Å². The highest BCUT2D eigenvalue weighted by atomic mass is 16.2. The Balaban J connectivity index is 1.74. The van der Waals surface area contributed by atoms with Crippen LogP contribution in [0.3, 0.4) is 0 Å². The summed E-state index contributed by atoms with van der Waals surface area (Å²) in [7, 11) is 0. The summed E-state index contributed by atoms with van der Waals surface area (Å²) in [6.07, 6.45) is 9.71. The summed E-state index contributed by atoms with van der Waals surface area (Å²) in [4.78, 5) is 14.5. The van der Waals surface area contributed by atoms with Crippen LogP contribution in [0.1, 0.15) is 65.2 Å². The summed E-state index contributed by atoms with van der Waals surface area (Å²) in [6.45, 7) is 6.21. The van der Waals surface area contributed by atoms with Gasteiger partial charge in [0.15, 0.2) is 0 Å². The van der Waals surface area contributed by atoms with E-state index in [1.54, 1.807) is 0 Å². The van der Waals surface area contributed by atoms with Gasteiger partial charge in [0, 0.05) is 25.6 Å². The summed E-state index contributed by atoms with van der Waals surface area (Å²) in [6, 6.07) is 0.272. The molecule has 2 N–H and O–H groups in total. The van der Waals surface area contributed by atoms with E-state index in [1.165, 1.54) is 32.1 Å². The van der Waals surface area contributed by atoms with Crippen LogP contribution in [0, 0.1) is 17.8 Å². The fourth-order valence-electron chi connectivity index (χ4n) is 3.95. The number of carbonyl (C=O) groups excluding carboxylic acids is 1. The number of hydrogen-bond acceptors (Lipinski definition) is 2. The van der Waals surface area contributed by atoms with Gasteiger partial charge in [-0.05, 0) is 37.5 Å². The maximum Gasteiger partial charge on any atom is 0.222 e. The molecule has 0 bridgehead atoms. The fraction of sp³-hybridized carbons (Fsp3) is 0.941. The van der Waals surface area contributed by atoms with Gasteiger partial charge in [-0.25, -0.2) is 0 Å². The highest BCUT2D eigenvalue weighted by Crippen LogP contribution is 2.32. The molecule has 20 heavy (non-hydrogen) atoms. The van der Waals surface area contributed by atoms with Crippen LogP contribution in [0.25, 0.3) is 0 Å². The lowest BCUT2D eigenvalue weighted by atomic mass is 9.79. The van der Waals surface area contributed by atoms with Crippen molar-refractivity contribution in [2.24, 2.45) is 23.5 Å². The number of amides is 1. The Hall–Kier alpha value is -0.570. The molecule has 0 aromatic carbocycles. The molecule has 2 fully saturated rings. The molecule has 1 heterocycles. The van der Waals surface area contributed by atoms with Crippen LogP contribution >= 0.6 is 0 Å². The van der Waals surface area contributed by atoms with Crippen molar-refractivity contribution in [2.75, 3.05) is 13.1 Å². The number of rotatable bonds is 4. The lowest BCUT2D eigenvalue weighted by Gasteiger charge is -2.35. The van der Waals surface area contributed by atoms with Gasteiger partial charge in [-0.1, -0.05) is 39.0 Å². The normalized spacial score (nSPS) is 25.4. The molecule has 116 valence electrons. The van der Waals surface area contributed by atoms with E-state index in [0.717, 1.165) is 38.3 Å². The fourth-order valence-corrected chi connectivity index (χ4v) is 3.95. The van der Waals surface area contributed by atoms with Crippen LogP contribution in [-0.4, -0.2) is 29.9 Å². The minimum atomic E-state index is 0.272. The molecule has 2 aliphatic rings. The van der Waals surface area contributed by atoms with E-state index < -0.39 is 0 Å². The lowest BCUT2D eigenvalue weighted by Crippen LogP contribution is -2.43. The average molecular weight is 280 g/mol. The smallest absolute Gasteiger partial charge is 0.222 e. The van der Waals surface area contributed by atoms with Gasteiger partial charge in [0.2, 0.25) is 5.91 Å². The van der Waals surface area contributed by atoms with E-state index in [0.29, 0.717) is 17.7 Å². The third-order valence-corrected chi connectivity index (χ3v) is 5.59. The molecule has 3 nitrogen and oxygen atoms in total. The molecule has 2 rings (SSSR count). The molecule has 3 heteroatoms. The van der Waals surface area contributed by atoms with E-state index in [1.807, 2.05) is 0 Å². The molecule has 2 unspecified atom stereocenters. The Kier molecular flexibility index (Phi) is 5.88. The molecule has 2 atom stereocenters. The molecule has 1 aliphatic heterocycles. The van der Waals surface area contributed by atoms with E-state index in [-0.39, 0.29) is 6.04 Å². The molecular formula is C17H32N2O. The lowest BCUT2D eigenvalue weighted by molar-refractivity contribution is -0.134. The highest BCUT2D eigenvalue weighted by molar-refractivity contribution is 5.76. The molecular weight excluding hydrogens is 248 g/mol. The first-order valence-electron chi connectivity index (χ1n) is 8.61. The van der Waals surface area contributed by atoms with Crippen molar-refractivity contribution in [1.29, 1.82) is 0 Å². The molecule has 0 radical (unpaired) electrons. The van der Waals surface area contributed by atoms with E-state index >= 15 is 0 Å². The summed E-state index contributed by atoms with van der Waals surface area (Å²) in [5.74, 6) is 2.34. The minimum Gasteiger partial charge on any atom is -0.343 e. The Labute approximate surface area is 124 Å². The zero-order valence-corrected chi connectivity index (χ0v) is 13.3. The maximum absolute atomic E-state index is 12.4. The standard InChI is InChI=1S/C17H32N2O/c1-13(15-6-4-3-5-7-15)12-17(20)19-10-8-16(9-11-19)14(2)18/h13-16H,3-12,18H2,1-2H3. The van der Waals surface area contributed by atoms with Gasteiger partial charge >= 0.3 is 0 Å². The predicted octanol–water partition coefficient (Wildman–Crippen LogP) is 3.18. The molecule has 1 saturated carbocycles. The molecule has 0 spiro atoms. The van der Waals surface area contributed by atoms with Crippen LogP contribution in [0.5, 0.6) is 0 Å². The Morgan fingerprint density at radius 1 is 1.05 bits per heavy atom. The number of nitrogens with zero attached hydrogens (tertiary/aromatic N) is 1. The zero-order valence-electron chi connectivity index (χ0n) is 13.3. The SMILES string of the molecule is CC(N)C1CCN(C(=O)CC(C)C2CCCCC2)CC1. The highest BCUT2D eigenvalue weighted by Gasteiger charge is 2.27. The molecule has 1 aliphatic carbocycles. The second kappa shape index (κ2) is 7.44. The van der Waals surface area contributed by atoms with Gasteiger partial charge in [0.05, 0.1) is 0 Å². The van der Waals surface area contributed by atoms with Crippen molar-refractivity contribution in [3.63, 3.8) is 0 Å². The largest absolute Gasteiger partial charge is 0.343 e. The maximum atomic E-state index is 12.4. The molecule has 1 amide bonds. The monoisotopic (exact) mass is 280 g/mol. The Bertz CT molecular complexity index is 302. The first kappa shape index (κ1) is 15.8. The van der Waals surface area contributed by atoms with Gasteiger partial charge in [0.1, 0.15) is 0 Å². The summed E-state index contributed by atoms with van der Waals surface area (Å²) in [5, 5.41) is 0. The van der Waals surface area contributed by atoms with Crippen LogP contribution in [-0.2, 0) is 4.79 Å². The van der Waals surface area contributed by atoms with Crippen molar-refractivity contribution >= 4 is 5.91 Å². The van der Waals surface area contributed by atoms with Crippen molar-refractivity contribution in [2.45, 2.75) is 71.3 Å². The van der Waals surface area contributed by atoms with Crippen LogP contribution in [0.15, 0.2) is 0 Å². The predicted molar refractivity (Wildman–Crippen MR) is 83.3 cm³/mol. The Morgan fingerprint density at radius 3 is 2.20 bits per heavy atom. The summed E-state index contributed by atoms with van der Waals surface area (Å²) in [5.41, 5.74) is 5.96. The zero-order chi connectivity index (χ0) is 14.5. The quantitative estimate of drug-likeness (QED) is 0.859. The summed E-state index contributed by atoms with van der Waals surface area (Å²) < 4.78 is 0. The van der Waals surface area contributed by atoms with Crippen LogP contribution in [0.4, 0.5) is 0 Å². The second-order valence-corrected chi connectivity index (χ2v) is 7.16.